The van der Waals surface area contributed by atoms with Gasteiger partial charge in [-0.2, -0.15) is 0 Å². The second kappa shape index (κ2) is 6.42. The van der Waals surface area contributed by atoms with Crippen LogP contribution in [0.4, 0.5) is 0 Å². The molecule has 0 fully saturated rings. The zero-order chi connectivity index (χ0) is 15.5. The van der Waals surface area contributed by atoms with Gasteiger partial charge >= 0.3 is 0 Å². The molecule has 0 saturated heterocycles. The summed E-state index contributed by atoms with van der Waals surface area (Å²) in [5, 5.41) is 7.60. The van der Waals surface area contributed by atoms with E-state index in [-0.39, 0.29) is 5.91 Å². The van der Waals surface area contributed by atoms with Crippen molar-refractivity contribution in [1.29, 1.82) is 0 Å². The molecule has 0 saturated carbocycles. The number of oxime groups is 1. The van der Waals surface area contributed by atoms with Crippen molar-refractivity contribution < 1.29 is 14.0 Å². The summed E-state index contributed by atoms with van der Waals surface area (Å²) in [4.78, 5) is 17.2. The lowest BCUT2D eigenvalue weighted by Gasteiger charge is -2.08. The maximum absolute atomic E-state index is 12.0. The average molecular weight is 339 g/mol. The number of nitrogens with one attached hydrogen (secondary N) is 1. The van der Waals surface area contributed by atoms with E-state index in [9.17, 15) is 4.79 Å². The average Bonchev–Trinajstić information content (AvgIpc) is 3.18. The minimum absolute atomic E-state index is 0.241. The Balaban J connectivity index is 1.58. The van der Waals surface area contributed by atoms with Crippen LogP contribution < -0.4 is 5.32 Å². The van der Waals surface area contributed by atoms with Gasteiger partial charge in [0, 0.05) is 12.0 Å². The van der Waals surface area contributed by atoms with Crippen LogP contribution in [0.15, 0.2) is 46.2 Å². The van der Waals surface area contributed by atoms with E-state index >= 15 is 0 Å². The summed E-state index contributed by atoms with van der Waals surface area (Å²) in [6.07, 6.45) is 1.28. The van der Waals surface area contributed by atoms with E-state index in [4.69, 9.17) is 32.5 Å². The van der Waals surface area contributed by atoms with Crippen molar-refractivity contribution in [2.45, 2.75) is 19.1 Å². The first-order valence-electron chi connectivity index (χ1n) is 6.61. The second-order valence-electron chi connectivity index (χ2n) is 4.76. The normalized spacial score (nSPS) is 17.0. The van der Waals surface area contributed by atoms with Crippen LogP contribution in [0.3, 0.4) is 0 Å². The number of carbonyl (C=O) groups is 1. The Labute approximate surface area is 136 Å². The second-order valence-corrected chi connectivity index (χ2v) is 5.58. The van der Waals surface area contributed by atoms with Gasteiger partial charge in [0.15, 0.2) is 0 Å². The molecule has 2 heterocycles. The molecule has 1 atom stereocenters. The molecule has 0 spiro atoms. The number of amides is 1. The molecular weight excluding hydrogens is 327 g/mol. The van der Waals surface area contributed by atoms with Crippen molar-refractivity contribution in [1.82, 2.24) is 5.32 Å². The lowest BCUT2D eigenvalue weighted by Crippen LogP contribution is -2.34. The zero-order valence-corrected chi connectivity index (χ0v) is 12.9. The Morgan fingerprint density at radius 3 is 2.91 bits per heavy atom. The summed E-state index contributed by atoms with van der Waals surface area (Å²) in [7, 11) is 0. The summed E-state index contributed by atoms with van der Waals surface area (Å²) in [5.41, 5.74) is 1.45. The van der Waals surface area contributed by atoms with Gasteiger partial charge in [0.1, 0.15) is 5.76 Å². The van der Waals surface area contributed by atoms with Gasteiger partial charge in [-0.15, -0.1) is 0 Å². The number of rotatable bonds is 4. The van der Waals surface area contributed by atoms with Gasteiger partial charge in [0.05, 0.1) is 28.6 Å². The minimum Gasteiger partial charge on any atom is -0.467 e. The first-order chi connectivity index (χ1) is 10.6. The molecule has 0 bridgehead atoms. The van der Waals surface area contributed by atoms with Crippen LogP contribution in [0, 0.1) is 0 Å². The highest BCUT2D eigenvalue weighted by atomic mass is 35.5. The van der Waals surface area contributed by atoms with E-state index < -0.39 is 6.10 Å². The van der Waals surface area contributed by atoms with E-state index in [0.29, 0.717) is 34.5 Å². The molecule has 3 rings (SSSR count). The lowest BCUT2D eigenvalue weighted by atomic mass is 10.0. The summed E-state index contributed by atoms with van der Waals surface area (Å²) in [6.45, 7) is 0.313. The Morgan fingerprint density at radius 2 is 2.18 bits per heavy atom. The largest absolute Gasteiger partial charge is 0.467 e. The van der Waals surface area contributed by atoms with Crippen LogP contribution >= 0.6 is 23.2 Å². The number of hydrogen-bond donors (Lipinski definition) is 1. The van der Waals surface area contributed by atoms with Crippen molar-refractivity contribution in [2.24, 2.45) is 5.16 Å². The van der Waals surface area contributed by atoms with Crippen LogP contribution in [0.2, 0.25) is 10.0 Å². The first kappa shape index (κ1) is 14.9. The van der Waals surface area contributed by atoms with E-state index in [1.807, 2.05) is 0 Å². The standard InChI is InChI=1S/C15H12Cl2N2O3/c16-11-4-3-9(6-12(11)17)13-7-14(22-19-13)15(20)18-8-10-2-1-5-21-10/h1-6,14H,7-8H2,(H,18,20)/t14-/m1/s1. The number of hydrogen-bond acceptors (Lipinski definition) is 4. The third-order valence-electron chi connectivity index (χ3n) is 3.23. The Morgan fingerprint density at radius 1 is 1.32 bits per heavy atom. The van der Waals surface area contributed by atoms with Gasteiger partial charge in [-0.25, -0.2) is 0 Å². The van der Waals surface area contributed by atoms with Gasteiger partial charge in [0.25, 0.3) is 5.91 Å². The van der Waals surface area contributed by atoms with Crippen LogP contribution in [0.5, 0.6) is 0 Å². The number of halogens is 2. The smallest absolute Gasteiger partial charge is 0.264 e. The Hall–Kier alpha value is -1.98. The highest BCUT2D eigenvalue weighted by Crippen LogP contribution is 2.25. The van der Waals surface area contributed by atoms with Crippen LogP contribution in [-0.4, -0.2) is 17.7 Å². The molecule has 0 unspecified atom stereocenters. The van der Waals surface area contributed by atoms with Crippen molar-refractivity contribution in [3.05, 3.63) is 58.0 Å². The number of benzene rings is 1. The Bertz CT molecular complexity index is 714. The quantitative estimate of drug-likeness (QED) is 0.929. The monoisotopic (exact) mass is 338 g/mol. The van der Waals surface area contributed by atoms with E-state index in [1.165, 1.54) is 0 Å². The third kappa shape index (κ3) is 3.26. The molecule has 1 N–H and O–H groups in total. The maximum atomic E-state index is 12.0. The molecule has 1 aromatic carbocycles. The highest BCUT2D eigenvalue weighted by Gasteiger charge is 2.29. The molecular formula is C15H12Cl2N2O3. The van der Waals surface area contributed by atoms with E-state index in [0.717, 1.165) is 5.56 Å². The van der Waals surface area contributed by atoms with E-state index in [1.54, 1.807) is 36.6 Å². The highest BCUT2D eigenvalue weighted by molar-refractivity contribution is 6.42. The molecule has 0 radical (unpaired) electrons. The fourth-order valence-electron chi connectivity index (χ4n) is 2.07. The van der Waals surface area contributed by atoms with Crippen molar-refractivity contribution in [3.8, 4) is 0 Å². The number of carbonyl (C=O) groups excluding carboxylic acids is 1. The predicted octanol–water partition coefficient (Wildman–Crippen LogP) is 3.40. The molecule has 1 amide bonds. The predicted molar refractivity (Wildman–Crippen MR) is 83.0 cm³/mol. The summed E-state index contributed by atoms with van der Waals surface area (Å²) < 4.78 is 5.15. The van der Waals surface area contributed by atoms with E-state index in [2.05, 4.69) is 10.5 Å². The topological polar surface area (TPSA) is 63.8 Å². The summed E-state index contributed by atoms with van der Waals surface area (Å²) in [5.74, 6) is 0.437. The summed E-state index contributed by atoms with van der Waals surface area (Å²) >= 11 is 11.9. The first-order valence-corrected chi connectivity index (χ1v) is 7.37. The maximum Gasteiger partial charge on any atom is 0.264 e. The lowest BCUT2D eigenvalue weighted by molar-refractivity contribution is -0.131. The molecule has 1 aromatic heterocycles. The molecule has 5 nitrogen and oxygen atoms in total. The molecule has 0 aliphatic carbocycles. The minimum atomic E-state index is -0.653. The molecule has 22 heavy (non-hydrogen) atoms. The number of nitrogens with zero attached hydrogens (tertiary/aromatic N) is 1. The molecule has 1 aliphatic heterocycles. The van der Waals surface area contributed by atoms with Gasteiger partial charge in [-0.3, -0.25) is 4.79 Å². The van der Waals surface area contributed by atoms with Crippen LogP contribution in [-0.2, 0) is 16.2 Å². The van der Waals surface area contributed by atoms with Crippen molar-refractivity contribution in [2.75, 3.05) is 0 Å². The molecule has 2 aromatic rings. The van der Waals surface area contributed by atoms with Gasteiger partial charge in [-0.1, -0.05) is 34.4 Å². The molecule has 1 aliphatic rings. The zero-order valence-electron chi connectivity index (χ0n) is 11.4. The number of furan rings is 1. The fraction of sp³-hybridized carbons (Fsp3) is 0.200. The molecule has 7 heteroatoms. The van der Waals surface area contributed by atoms with Gasteiger partial charge in [-0.05, 0) is 24.3 Å². The molecule has 114 valence electrons. The summed E-state index contributed by atoms with van der Waals surface area (Å²) in [6, 6.07) is 8.73. The van der Waals surface area contributed by atoms with Crippen molar-refractivity contribution in [3.63, 3.8) is 0 Å². The SMILES string of the molecule is O=C(NCc1ccco1)[C@H]1CC(c2ccc(Cl)c(Cl)c2)=NO1. The van der Waals surface area contributed by atoms with Crippen LogP contribution in [0.25, 0.3) is 0 Å². The van der Waals surface area contributed by atoms with Gasteiger partial charge < -0.3 is 14.6 Å². The van der Waals surface area contributed by atoms with Crippen molar-refractivity contribution >= 4 is 34.8 Å². The third-order valence-corrected chi connectivity index (χ3v) is 3.97. The fourth-order valence-corrected chi connectivity index (χ4v) is 2.36. The van der Waals surface area contributed by atoms with Crippen LogP contribution in [0.1, 0.15) is 17.7 Å². The Kier molecular flexibility index (Phi) is 4.36. The van der Waals surface area contributed by atoms with Gasteiger partial charge in [0.2, 0.25) is 6.10 Å².